The first-order chi connectivity index (χ1) is 7.29. The van der Waals surface area contributed by atoms with Crippen molar-refractivity contribution in [2.75, 3.05) is 12.8 Å². The molecule has 0 saturated carbocycles. The Morgan fingerprint density at radius 3 is 3.07 bits per heavy atom. The lowest BCUT2D eigenvalue weighted by Gasteiger charge is -2.06. The summed E-state index contributed by atoms with van der Waals surface area (Å²) in [5.41, 5.74) is 9.71. The van der Waals surface area contributed by atoms with Crippen LogP contribution in [0.1, 0.15) is 11.1 Å². The molecule has 1 aromatic heterocycles. The second kappa shape index (κ2) is 3.00. The largest absolute Gasteiger partial charge is 0.496 e. The van der Waals surface area contributed by atoms with E-state index < -0.39 is 0 Å². The lowest BCUT2D eigenvalue weighted by molar-refractivity contribution is 0.411. The number of nitrogens with two attached hydrogens (primary N) is 1. The molecular weight excluding hydrogens is 206 g/mol. The summed E-state index contributed by atoms with van der Waals surface area (Å²) in [6.45, 7) is 0. The molecule has 0 amide bonds. The van der Waals surface area contributed by atoms with Crippen LogP contribution in [0.4, 0.5) is 5.00 Å². The van der Waals surface area contributed by atoms with Crippen LogP contribution >= 0.6 is 11.3 Å². The van der Waals surface area contributed by atoms with E-state index in [1.165, 1.54) is 21.6 Å². The third-order valence-corrected chi connectivity index (χ3v) is 3.83. The molecule has 0 bridgehead atoms. The third kappa shape index (κ3) is 1.16. The number of hydrogen-bond donors (Lipinski definition) is 1. The Kier molecular flexibility index (Phi) is 1.76. The predicted octanol–water partition coefficient (Wildman–Crippen LogP) is 2.91. The van der Waals surface area contributed by atoms with Crippen LogP contribution in [0.15, 0.2) is 24.3 Å². The standard InChI is InChI=1S/C12H11NOS/c1-14-10-4-2-3-8-9(10)5-7-6-11(13)15-12(7)8/h2-4,6H,5,13H2,1H3. The van der Waals surface area contributed by atoms with Gasteiger partial charge in [-0.05, 0) is 23.3 Å². The van der Waals surface area contributed by atoms with Crippen LogP contribution in [0.2, 0.25) is 0 Å². The van der Waals surface area contributed by atoms with Crippen LogP contribution < -0.4 is 10.5 Å². The van der Waals surface area contributed by atoms with Gasteiger partial charge in [0.25, 0.3) is 0 Å². The molecule has 0 aliphatic heterocycles. The zero-order chi connectivity index (χ0) is 10.4. The van der Waals surface area contributed by atoms with E-state index in [2.05, 4.69) is 12.1 Å². The molecule has 3 heteroatoms. The van der Waals surface area contributed by atoms with Crippen LogP contribution in [0.3, 0.4) is 0 Å². The predicted molar refractivity (Wildman–Crippen MR) is 63.5 cm³/mol. The molecule has 76 valence electrons. The van der Waals surface area contributed by atoms with Crippen LogP contribution in [0, 0.1) is 0 Å². The minimum absolute atomic E-state index is 0.897. The topological polar surface area (TPSA) is 35.2 Å². The van der Waals surface area contributed by atoms with E-state index in [1.54, 1.807) is 18.4 Å². The van der Waals surface area contributed by atoms with Crippen molar-refractivity contribution in [1.82, 2.24) is 0 Å². The maximum Gasteiger partial charge on any atom is 0.123 e. The molecule has 0 radical (unpaired) electrons. The SMILES string of the molecule is COc1cccc2c1Cc1cc(N)sc1-2. The van der Waals surface area contributed by atoms with Gasteiger partial charge in [-0.2, -0.15) is 0 Å². The van der Waals surface area contributed by atoms with Gasteiger partial charge >= 0.3 is 0 Å². The number of nitrogen functional groups attached to an aromatic ring is 1. The lowest BCUT2D eigenvalue weighted by atomic mass is 10.1. The van der Waals surface area contributed by atoms with E-state index in [4.69, 9.17) is 10.5 Å². The van der Waals surface area contributed by atoms with Crippen LogP contribution in [0.25, 0.3) is 10.4 Å². The van der Waals surface area contributed by atoms with Gasteiger partial charge in [0.1, 0.15) is 5.75 Å². The lowest BCUT2D eigenvalue weighted by Crippen LogP contribution is -1.90. The molecule has 1 aliphatic rings. The summed E-state index contributed by atoms with van der Waals surface area (Å²) < 4.78 is 5.36. The van der Waals surface area contributed by atoms with E-state index in [1.807, 2.05) is 12.1 Å². The quantitative estimate of drug-likeness (QED) is 0.680. The van der Waals surface area contributed by atoms with Gasteiger partial charge in [0.05, 0.1) is 12.1 Å². The van der Waals surface area contributed by atoms with Crippen LogP contribution in [0.5, 0.6) is 5.75 Å². The number of benzene rings is 1. The smallest absolute Gasteiger partial charge is 0.123 e. The van der Waals surface area contributed by atoms with Gasteiger partial charge < -0.3 is 10.5 Å². The van der Waals surface area contributed by atoms with Gasteiger partial charge in [0.2, 0.25) is 0 Å². The van der Waals surface area contributed by atoms with Gasteiger partial charge in [-0.3, -0.25) is 0 Å². The first-order valence-electron chi connectivity index (χ1n) is 4.84. The van der Waals surface area contributed by atoms with E-state index in [0.29, 0.717) is 0 Å². The number of fused-ring (bicyclic) bond motifs is 3. The van der Waals surface area contributed by atoms with Crippen LogP contribution in [-0.2, 0) is 6.42 Å². The fourth-order valence-electron chi connectivity index (χ4n) is 2.15. The summed E-state index contributed by atoms with van der Waals surface area (Å²) in [4.78, 5) is 1.31. The minimum atomic E-state index is 0.897. The van der Waals surface area contributed by atoms with Crippen molar-refractivity contribution in [3.8, 4) is 16.2 Å². The van der Waals surface area contributed by atoms with E-state index in [-0.39, 0.29) is 0 Å². The zero-order valence-electron chi connectivity index (χ0n) is 8.41. The van der Waals surface area contributed by atoms with E-state index in [0.717, 1.165) is 17.2 Å². The second-order valence-electron chi connectivity index (χ2n) is 3.67. The maximum atomic E-state index is 5.80. The molecule has 0 spiro atoms. The Morgan fingerprint density at radius 2 is 2.27 bits per heavy atom. The molecule has 1 heterocycles. The van der Waals surface area contributed by atoms with Crippen molar-refractivity contribution < 1.29 is 4.74 Å². The molecule has 2 nitrogen and oxygen atoms in total. The average molecular weight is 217 g/mol. The fourth-order valence-corrected chi connectivity index (χ4v) is 3.15. The third-order valence-electron chi connectivity index (χ3n) is 2.79. The number of anilines is 1. The molecule has 1 aliphatic carbocycles. The first kappa shape index (κ1) is 8.80. The van der Waals surface area contributed by atoms with Crippen molar-refractivity contribution >= 4 is 16.3 Å². The van der Waals surface area contributed by atoms with Gasteiger partial charge in [-0.1, -0.05) is 12.1 Å². The van der Waals surface area contributed by atoms with Gasteiger partial charge in [0, 0.05) is 16.9 Å². The molecule has 2 aromatic rings. The number of ether oxygens (including phenoxy) is 1. The normalized spacial score (nSPS) is 12.3. The molecule has 0 atom stereocenters. The Labute approximate surface area is 92.3 Å². The number of methoxy groups -OCH3 is 1. The molecule has 3 rings (SSSR count). The van der Waals surface area contributed by atoms with Gasteiger partial charge in [-0.15, -0.1) is 11.3 Å². The van der Waals surface area contributed by atoms with E-state index in [9.17, 15) is 0 Å². The summed E-state index contributed by atoms with van der Waals surface area (Å²) in [7, 11) is 1.72. The average Bonchev–Trinajstić information content (AvgIpc) is 2.73. The highest BCUT2D eigenvalue weighted by molar-refractivity contribution is 7.19. The highest BCUT2D eigenvalue weighted by Gasteiger charge is 2.23. The van der Waals surface area contributed by atoms with Gasteiger partial charge in [0.15, 0.2) is 0 Å². The van der Waals surface area contributed by atoms with Crippen molar-refractivity contribution in [2.45, 2.75) is 6.42 Å². The Bertz CT molecular complexity index is 530. The van der Waals surface area contributed by atoms with Crippen LogP contribution in [-0.4, -0.2) is 7.11 Å². The molecular formula is C12H11NOS. The van der Waals surface area contributed by atoms with Gasteiger partial charge in [-0.25, -0.2) is 0 Å². The summed E-state index contributed by atoms with van der Waals surface area (Å²) in [5.74, 6) is 0.981. The first-order valence-corrected chi connectivity index (χ1v) is 5.65. The number of rotatable bonds is 1. The number of thiophene rings is 1. The second-order valence-corrected chi connectivity index (χ2v) is 4.75. The van der Waals surface area contributed by atoms with Crippen molar-refractivity contribution in [3.05, 3.63) is 35.4 Å². The summed E-state index contributed by atoms with van der Waals surface area (Å²) in [6, 6.07) is 8.25. The minimum Gasteiger partial charge on any atom is -0.496 e. The molecule has 0 fully saturated rings. The molecule has 0 unspecified atom stereocenters. The molecule has 0 saturated heterocycles. The molecule has 15 heavy (non-hydrogen) atoms. The van der Waals surface area contributed by atoms with E-state index >= 15 is 0 Å². The molecule has 2 N–H and O–H groups in total. The maximum absolute atomic E-state index is 5.80. The summed E-state index contributed by atoms with van der Waals surface area (Å²) in [5, 5.41) is 0.897. The van der Waals surface area contributed by atoms with Crippen molar-refractivity contribution in [3.63, 3.8) is 0 Å². The zero-order valence-corrected chi connectivity index (χ0v) is 9.23. The number of hydrogen-bond acceptors (Lipinski definition) is 3. The monoisotopic (exact) mass is 217 g/mol. The highest BCUT2D eigenvalue weighted by atomic mass is 32.1. The fraction of sp³-hybridized carbons (Fsp3) is 0.167. The Balaban J connectivity index is 2.24. The highest BCUT2D eigenvalue weighted by Crippen LogP contribution is 2.46. The Morgan fingerprint density at radius 1 is 1.40 bits per heavy atom. The summed E-state index contributed by atoms with van der Waals surface area (Å²) in [6.07, 6.45) is 0.947. The molecule has 1 aromatic carbocycles. The Hall–Kier alpha value is -1.48. The summed E-state index contributed by atoms with van der Waals surface area (Å²) >= 11 is 1.66. The van der Waals surface area contributed by atoms with Crippen molar-refractivity contribution in [2.24, 2.45) is 0 Å². The van der Waals surface area contributed by atoms with Crippen molar-refractivity contribution in [1.29, 1.82) is 0 Å².